The average molecular weight is 302 g/mol. The van der Waals surface area contributed by atoms with E-state index in [9.17, 15) is 10.2 Å². The van der Waals surface area contributed by atoms with Gasteiger partial charge in [0.2, 0.25) is 0 Å². The van der Waals surface area contributed by atoms with E-state index >= 15 is 0 Å². The molecule has 0 fully saturated rings. The standard InChI is InChI=1S/C20H30O2/c1-6-8-10-11-13-16-17(21)14-15(12-9-7-2)19(22)18(16)20(3,4)5/h14,21-22H,6-10,12H2,1-5H3. The quantitative estimate of drug-likeness (QED) is 0.441. The Morgan fingerprint density at radius 2 is 1.68 bits per heavy atom. The van der Waals surface area contributed by atoms with E-state index in [0.29, 0.717) is 11.3 Å². The molecule has 0 aliphatic rings. The molecule has 0 unspecified atom stereocenters. The molecule has 0 aliphatic carbocycles. The van der Waals surface area contributed by atoms with Crippen molar-refractivity contribution in [3.63, 3.8) is 0 Å². The molecule has 1 aromatic rings. The number of phenols is 2. The van der Waals surface area contributed by atoms with Gasteiger partial charge in [-0.25, -0.2) is 0 Å². The van der Waals surface area contributed by atoms with E-state index in [-0.39, 0.29) is 11.2 Å². The molecule has 0 spiro atoms. The monoisotopic (exact) mass is 302 g/mol. The molecule has 0 bridgehead atoms. The Morgan fingerprint density at radius 3 is 2.23 bits per heavy atom. The highest BCUT2D eigenvalue weighted by molar-refractivity contribution is 5.61. The van der Waals surface area contributed by atoms with E-state index in [1.807, 2.05) is 20.8 Å². The number of benzene rings is 1. The largest absolute Gasteiger partial charge is 0.507 e. The third-order valence-electron chi connectivity index (χ3n) is 3.78. The van der Waals surface area contributed by atoms with Gasteiger partial charge < -0.3 is 10.2 Å². The lowest BCUT2D eigenvalue weighted by Gasteiger charge is -2.24. The molecule has 0 amide bonds. The second kappa shape index (κ2) is 8.13. The van der Waals surface area contributed by atoms with Crippen molar-refractivity contribution in [2.24, 2.45) is 0 Å². The van der Waals surface area contributed by atoms with Crippen molar-refractivity contribution < 1.29 is 10.2 Å². The molecule has 122 valence electrons. The van der Waals surface area contributed by atoms with Crippen molar-refractivity contribution in [2.75, 3.05) is 0 Å². The zero-order valence-electron chi connectivity index (χ0n) is 14.7. The number of hydrogen-bond acceptors (Lipinski definition) is 2. The minimum absolute atomic E-state index is 0.192. The smallest absolute Gasteiger partial charge is 0.132 e. The summed E-state index contributed by atoms with van der Waals surface area (Å²) in [6.45, 7) is 10.4. The summed E-state index contributed by atoms with van der Waals surface area (Å²) in [5.41, 5.74) is 1.91. The van der Waals surface area contributed by atoms with Gasteiger partial charge in [0.15, 0.2) is 0 Å². The van der Waals surface area contributed by atoms with Crippen LogP contribution >= 0.6 is 0 Å². The first-order valence-corrected chi connectivity index (χ1v) is 8.40. The fourth-order valence-electron chi connectivity index (χ4n) is 2.54. The highest BCUT2D eigenvalue weighted by Gasteiger charge is 2.26. The van der Waals surface area contributed by atoms with Crippen molar-refractivity contribution in [2.45, 2.75) is 78.6 Å². The fraction of sp³-hybridized carbons (Fsp3) is 0.600. The first-order chi connectivity index (χ1) is 10.3. The molecule has 1 aromatic carbocycles. The van der Waals surface area contributed by atoms with Crippen LogP contribution in [-0.2, 0) is 11.8 Å². The van der Waals surface area contributed by atoms with Gasteiger partial charge in [0.25, 0.3) is 0 Å². The van der Waals surface area contributed by atoms with Crippen LogP contribution in [0.2, 0.25) is 0 Å². The summed E-state index contributed by atoms with van der Waals surface area (Å²) in [6, 6.07) is 1.68. The molecular formula is C20H30O2. The third kappa shape index (κ3) is 4.70. The summed E-state index contributed by atoms with van der Waals surface area (Å²) in [4.78, 5) is 0. The summed E-state index contributed by atoms with van der Waals surface area (Å²) in [5.74, 6) is 6.71. The minimum Gasteiger partial charge on any atom is -0.507 e. The first-order valence-electron chi connectivity index (χ1n) is 8.40. The zero-order valence-corrected chi connectivity index (χ0v) is 14.7. The maximum Gasteiger partial charge on any atom is 0.132 e. The zero-order chi connectivity index (χ0) is 16.8. The molecule has 2 N–H and O–H groups in total. The van der Waals surface area contributed by atoms with Crippen LogP contribution in [0, 0.1) is 11.8 Å². The Balaban J connectivity index is 3.35. The van der Waals surface area contributed by atoms with Gasteiger partial charge in [0.05, 0.1) is 5.56 Å². The van der Waals surface area contributed by atoms with Crippen LogP contribution in [0.3, 0.4) is 0 Å². The summed E-state index contributed by atoms with van der Waals surface area (Å²) in [5, 5.41) is 21.1. The van der Waals surface area contributed by atoms with Crippen LogP contribution in [0.5, 0.6) is 11.5 Å². The molecule has 0 aliphatic heterocycles. The van der Waals surface area contributed by atoms with Crippen LogP contribution in [0.25, 0.3) is 0 Å². The van der Waals surface area contributed by atoms with Gasteiger partial charge in [-0.1, -0.05) is 59.3 Å². The van der Waals surface area contributed by atoms with Gasteiger partial charge in [-0.2, -0.15) is 0 Å². The van der Waals surface area contributed by atoms with E-state index < -0.39 is 0 Å². The predicted molar refractivity (Wildman–Crippen MR) is 93.5 cm³/mol. The normalized spacial score (nSPS) is 11.1. The van der Waals surface area contributed by atoms with Gasteiger partial charge in [-0.3, -0.25) is 0 Å². The van der Waals surface area contributed by atoms with Crippen molar-refractivity contribution in [1.82, 2.24) is 0 Å². The Bertz CT molecular complexity index is 554. The van der Waals surface area contributed by atoms with Crippen LogP contribution < -0.4 is 0 Å². The number of aryl methyl sites for hydroxylation is 1. The minimum atomic E-state index is -0.265. The Morgan fingerprint density at radius 1 is 1.05 bits per heavy atom. The van der Waals surface area contributed by atoms with Gasteiger partial charge in [-0.15, -0.1) is 0 Å². The Kier molecular flexibility index (Phi) is 6.81. The molecule has 0 atom stereocenters. The van der Waals surface area contributed by atoms with E-state index in [1.165, 1.54) is 0 Å². The summed E-state index contributed by atoms with van der Waals surface area (Å²) >= 11 is 0. The number of phenolic OH excluding ortho intramolecular Hbond substituents is 2. The van der Waals surface area contributed by atoms with Crippen LogP contribution in [-0.4, -0.2) is 10.2 Å². The number of aromatic hydroxyl groups is 2. The molecule has 2 heteroatoms. The molecule has 0 aromatic heterocycles. The van der Waals surface area contributed by atoms with Crippen LogP contribution in [0.4, 0.5) is 0 Å². The van der Waals surface area contributed by atoms with Crippen LogP contribution in [0.15, 0.2) is 6.07 Å². The van der Waals surface area contributed by atoms with Gasteiger partial charge >= 0.3 is 0 Å². The maximum atomic E-state index is 10.7. The molecular weight excluding hydrogens is 272 g/mol. The number of hydrogen-bond donors (Lipinski definition) is 2. The number of rotatable bonds is 5. The summed E-state index contributed by atoms with van der Waals surface area (Å²) in [6.07, 6.45) is 5.81. The summed E-state index contributed by atoms with van der Waals surface area (Å²) < 4.78 is 0. The highest BCUT2D eigenvalue weighted by Crippen LogP contribution is 2.40. The van der Waals surface area contributed by atoms with Crippen molar-refractivity contribution in [1.29, 1.82) is 0 Å². The Hall–Kier alpha value is -1.62. The molecule has 0 radical (unpaired) electrons. The second-order valence-electron chi connectivity index (χ2n) is 6.91. The third-order valence-corrected chi connectivity index (χ3v) is 3.78. The van der Waals surface area contributed by atoms with Crippen molar-refractivity contribution in [3.8, 4) is 23.3 Å². The number of unbranched alkanes of at least 4 members (excludes halogenated alkanes) is 3. The lowest BCUT2D eigenvalue weighted by molar-refractivity contribution is 0.426. The topological polar surface area (TPSA) is 40.5 Å². The average Bonchev–Trinajstić information content (AvgIpc) is 2.43. The van der Waals surface area contributed by atoms with Crippen LogP contribution in [0.1, 0.15) is 83.4 Å². The van der Waals surface area contributed by atoms with Gasteiger partial charge in [-0.05, 0) is 36.3 Å². The summed E-state index contributed by atoms with van der Waals surface area (Å²) in [7, 11) is 0. The van der Waals surface area contributed by atoms with E-state index in [4.69, 9.17) is 0 Å². The molecule has 0 saturated carbocycles. The maximum absolute atomic E-state index is 10.7. The Labute approximate surface area is 135 Å². The molecule has 22 heavy (non-hydrogen) atoms. The fourth-order valence-corrected chi connectivity index (χ4v) is 2.54. The first kappa shape index (κ1) is 18.4. The van der Waals surface area contributed by atoms with E-state index in [1.54, 1.807) is 6.07 Å². The van der Waals surface area contributed by atoms with E-state index in [2.05, 4.69) is 25.7 Å². The lowest BCUT2D eigenvalue weighted by atomic mass is 9.81. The molecule has 1 rings (SSSR count). The van der Waals surface area contributed by atoms with E-state index in [0.717, 1.165) is 49.7 Å². The predicted octanol–water partition coefficient (Wildman–Crippen LogP) is 5.28. The lowest BCUT2D eigenvalue weighted by Crippen LogP contribution is -2.15. The highest BCUT2D eigenvalue weighted by atomic mass is 16.3. The second-order valence-corrected chi connectivity index (χ2v) is 6.91. The molecule has 0 saturated heterocycles. The SMILES string of the molecule is CCCCC#Cc1c(O)cc(CCCC)c(O)c1C(C)(C)C. The van der Waals surface area contributed by atoms with Crippen molar-refractivity contribution >= 4 is 0 Å². The molecule has 0 heterocycles. The molecule has 2 nitrogen and oxygen atoms in total. The van der Waals surface area contributed by atoms with Gasteiger partial charge in [0, 0.05) is 12.0 Å². The van der Waals surface area contributed by atoms with Gasteiger partial charge in [0.1, 0.15) is 11.5 Å². The van der Waals surface area contributed by atoms with Crippen molar-refractivity contribution in [3.05, 3.63) is 22.8 Å².